The van der Waals surface area contributed by atoms with E-state index in [4.69, 9.17) is 19.2 Å². The summed E-state index contributed by atoms with van der Waals surface area (Å²) in [5, 5.41) is 10.3. The number of H-pyrrole nitrogens is 1. The highest BCUT2D eigenvalue weighted by atomic mass is 16.5. The Morgan fingerprint density at radius 3 is 2.33 bits per heavy atom. The van der Waals surface area contributed by atoms with Crippen LogP contribution >= 0.6 is 0 Å². The average molecular weight is 583 g/mol. The van der Waals surface area contributed by atoms with Crippen LogP contribution in [0.3, 0.4) is 0 Å². The molecule has 2 atom stereocenters. The number of nitrogens with one attached hydrogen (secondary N) is 4. The highest BCUT2D eigenvalue weighted by Gasteiger charge is 2.22. The van der Waals surface area contributed by atoms with Gasteiger partial charge < -0.3 is 44.9 Å². The zero-order valence-electron chi connectivity index (χ0n) is 24.9. The Kier molecular flexibility index (Phi) is 8.23. The second-order valence-electron chi connectivity index (χ2n) is 10.8. The quantitative estimate of drug-likeness (QED) is 0.174. The largest absolute Gasteiger partial charge is 0.490 e. The fourth-order valence-corrected chi connectivity index (χ4v) is 4.91. The van der Waals surface area contributed by atoms with Gasteiger partial charge in [0.05, 0.1) is 47.5 Å². The first-order chi connectivity index (χ1) is 20.9. The van der Waals surface area contributed by atoms with Crippen molar-refractivity contribution in [1.82, 2.24) is 20.3 Å². The van der Waals surface area contributed by atoms with Gasteiger partial charge in [0.1, 0.15) is 42.8 Å². The number of fused-ring (bicyclic) bond motifs is 2. The molecule has 0 bridgehead atoms. The molecule has 4 N–H and O–H groups in total. The van der Waals surface area contributed by atoms with E-state index >= 15 is 0 Å². The number of nitrogens with zero attached hydrogens (tertiary/aromatic N) is 4. The molecule has 0 saturated carbocycles. The van der Waals surface area contributed by atoms with Gasteiger partial charge in [0.25, 0.3) is 0 Å². The van der Waals surface area contributed by atoms with Gasteiger partial charge in [0.2, 0.25) is 0 Å². The number of benzene rings is 2. The average Bonchev–Trinajstić information content (AvgIpc) is 3.65. The van der Waals surface area contributed by atoms with Gasteiger partial charge in [-0.25, -0.2) is 4.98 Å². The van der Waals surface area contributed by atoms with Crippen LogP contribution in [-0.4, -0.2) is 69.6 Å². The van der Waals surface area contributed by atoms with Gasteiger partial charge >= 0.3 is 0 Å². The van der Waals surface area contributed by atoms with Crippen LogP contribution in [0.5, 0.6) is 5.75 Å². The minimum Gasteiger partial charge on any atom is -0.490 e. The standard InChI is InChI=1S/C32H38N8O3/c1-39(2)21-5-9-25-29(17-21)37-31(35-25)27-11-7-23(19-33-27)42-15-13-41-14-16-43-24-8-12-28(34-20-24)32-36-26-10-6-22(40(3)4)18-30(26)38-32/h5-12,17-20,27,32-33,36,38H,13-16H2,1-4H3,(H,35,37). The van der Waals surface area contributed by atoms with Gasteiger partial charge in [-0.15, -0.1) is 0 Å². The van der Waals surface area contributed by atoms with Crippen LogP contribution in [0.4, 0.5) is 22.7 Å². The summed E-state index contributed by atoms with van der Waals surface area (Å²) >= 11 is 0. The molecule has 224 valence electrons. The van der Waals surface area contributed by atoms with Crippen LogP contribution in [0, 0.1) is 0 Å². The summed E-state index contributed by atoms with van der Waals surface area (Å²) in [5.41, 5.74) is 7.26. The molecule has 0 amide bonds. The van der Waals surface area contributed by atoms with Crippen molar-refractivity contribution in [1.29, 1.82) is 0 Å². The van der Waals surface area contributed by atoms with Crippen LogP contribution in [0.25, 0.3) is 11.0 Å². The third kappa shape index (κ3) is 6.62. The van der Waals surface area contributed by atoms with E-state index in [9.17, 15) is 0 Å². The first-order valence-corrected chi connectivity index (χ1v) is 14.4. The molecule has 0 saturated heterocycles. The Balaban J connectivity index is 0.871. The van der Waals surface area contributed by atoms with Crippen molar-refractivity contribution in [3.05, 3.63) is 90.4 Å². The minimum absolute atomic E-state index is 0.0437. The molecule has 11 heteroatoms. The second-order valence-corrected chi connectivity index (χ2v) is 10.8. The van der Waals surface area contributed by atoms with E-state index in [2.05, 4.69) is 66.0 Å². The number of anilines is 4. The van der Waals surface area contributed by atoms with Gasteiger partial charge in [-0.1, -0.05) is 6.08 Å². The van der Waals surface area contributed by atoms with E-state index in [1.54, 1.807) is 6.20 Å². The Bertz CT molecular complexity index is 1610. The maximum Gasteiger partial charge on any atom is 0.141 e. The minimum atomic E-state index is -0.0816. The Morgan fingerprint density at radius 1 is 0.814 bits per heavy atom. The van der Waals surface area contributed by atoms with Crippen molar-refractivity contribution in [3.63, 3.8) is 0 Å². The Morgan fingerprint density at radius 2 is 1.58 bits per heavy atom. The first kappa shape index (κ1) is 28.2. The van der Waals surface area contributed by atoms with Crippen molar-refractivity contribution in [2.45, 2.75) is 12.2 Å². The number of imidazole rings is 1. The summed E-state index contributed by atoms with van der Waals surface area (Å²) in [4.78, 5) is 16.9. The van der Waals surface area contributed by atoms with Crippen molar-refractivity contribution in [2.24, 2.45) is 0 Å². The molecule has 2 unspecified atom stereocenters. The SMILES string of the molecule is CN(C)c1ccc2c(c1)NC(c1ccc(OCCOCCOC3=CNC(c4nc5ccc(N(C)C)cc5[nH]4)C=C3)cn1)N2. The van der Waals surface area contributed by atoms with Gasteiger partial charge in [0, 0.05) is 45.8 Å². The molecule has 0 fully saturated rings. The molecule has 2 aliphatic heterocycles. The van der Waals surface area contributed by atoms with Gasteiger partial charge in [-0.2, -0.15) is 0 Å². The maximum atomic E-state index is 5.82. The van der Waals surface area contributed by atoms with Gasteiger partial charge in [-0.3, -0.25) is 4.98 Å². The summed E-state index contributed by atoms with van der Waals surface area (Å²) < 4.78 is 17.3. The molecule has 4 heterocycles. The van der Waals surface area contributed by atoms with Crippen LogP contribution in [-0.2, 0) is 9.47 Å². The summed E-state index contributed by atoms with van der Waals surface area (Å²) in [7, 11) is 8.12. The number of hydrogen-bond donors (Lipinski definition) is 4. The van der Waals surface area contributed by atoms with E-state index < -0.39 is 0 Å². The predicted molar refractivity (Wildman–Crippen MR) is 171 cm³/mol. The van der Waals surface area contributed by atoms with E-state index in [0.29, 0.717) is 32.2 Å². The van der Waals surface area contributed by atoms with Crippen LogP contribution < -0.4 is 30.5 Å². The number of aromatic amines is 1. The molecule has 0 aliphatic carbocycles. The third-order valence-corrected chi connectivity index (χ3v) is 7.32. The summed E-state index contributed by atoms with van der Waals surface area (Å²) in [5.74, 6) is 2.32. The lowest BCUT2D eigenvalue weighted by Gasteiger charge is -2.17. The van der Waals surface area contributed by atoms with Gasteiger partial charge in [0.15, 0.2) is 0 Å². The summed E-state index contributed by atoms with van der Waals surface area (Å²) in [6.07, 6.45) is 7.51. The molecule has 2 aliphatic rings. The number of pyridine rings is 1. The molecule has 4 aromatic rings. The second kappa shape index (κ2) is 12.5. The molecular weight excluding hydrogens is 544 g/mol. The molecular formula is C32H38N8O3. The first-order valence-electron chi connectivity index (χ1n) is 14.4. The Labute approximate surface area is 251 Å². The normalized spacial score (nSPS) is 17.0. The van der Waals surface area contributed by atoms with E-state index in [0.717, 1.165) is 51.1 Å². The van der Waals surface area contributed by atoms with Gasteiger partial charge in [-0.05, 0) is 54.6 Å². The number of hydrogen-bond acceptors (Lipinski definition) is 10. The smallest absolute Gasteiger partial charge is 0.141 e. The summed E-state index contributed by atoms with van der Waals surface area (Å²) in [6.45, 7) is 1.79. The fraction of sp³-hybridized carbons (Fsp3) is 0.312. The maximum absolute atomic E-state index is 5.82. The zero-order valence-corrected chi connectivity index (χ0v) is 24.9. The monoisotopic (exact) mass is 582 g/mol. The van der Waals surface area contributed by atoms with Crippen LogP contribution in [0.2, 0.25) is 0 Å². The number of rotatable bonds is 12. The van der Waals surface area contributed by atoms with Crippen molar-refractivity contribution in [3.8, 4) is 5.75 Å². The Hall–Kier alpha value is -4.90. The third-order valence-electron chi connectivity index (χ3n) is 7.32. The fourth-order valence-electron chi connectivity index (χ4n) is 4.91. The molecule has 0 spiro atoms. The predicted octanol–water partition coefficient (Wildman–Crippen LogP) is 4.78. The number of ether oxygens (including phenoxy) is 3. The number of aromatic nitrogens is 3. The van der Waals surface area contributed by atoms with E-state index in [1.165, 1.54) is 0 Å². The molecule has 2 aromatic heterocycles. The zero-order chi connectivity index (χ0) is 29.8. The summed E-state index contributed by atoms with van der Waals surface area (Å²) in [6, 6.07) is 16.4. The van der Waals surface area contributed by atoms with Crippen molar-refractivity contribution < 1.29 is 14.2 Å². The lowest BCUT2D eigenvalue weighted by atomic mass is 10.2. The lowest BCUT2D eigenvalue weighted by molar-refractivity contribution is 0.0601. The van der Waals surface area contributed by atoms with Crippen molar-refractivity contribution >= 4 is 33.8 Å². The topological polar surface area (TPSA) is 112 Å². The van der Waals surface area contributed by atoms with Crippen LogP contribution in [0.15, 0.2) is 78.8 Å². The molecule has 11 nitrogen and oxygen atoms in total. The lowest BCUT2D eigenvalue weighted by Crippen LogP contribution is -2.19. The molecule has 6 rings (SSSR count). The van der Waals surface area contributed by atoms with E-state index in [1.807, 2.05) is 64.7 Å². The highest BCUT2D eigenvalue weighted by molar-refractivity contribution is 5.80. The molecule has 43 heavy (non-hydrogen) atoms. The van der Waals surface area contributed by atoms with Crippen LogP contribution in [0.1, 0.15) is 23.7 Å². The van der Waals surface area contributed by atoms with E-state index in [-0.39, 0.29) is 12.2 Å². The molecule has 2 aromatic carbocycles. The number of allylic oxidation sites excluding steroid dienone is 1. The highest BCUT2D eigenvalue weighted by Crippen LogP contribution is 2.37. The molecule has 0 radical (unpaired) electrons. The number of dihydropyridines is 1. The van der Waals surface area contributed by atoms with Crippen molar-refractivity contribution in [2.75, 3.05) is 75.1 Å².